The third-order valence-electron chi connectivity index (χ3n) is 5.41. The first-order valence-corrected chi connectivity index (χ1v) is 9.85. The molecule has 0 aliphatic heterocycles. The van der Waals surface area contributed by atoms with Gasteiger partial charge in [-0.05, 0) is 72.4 Å². The number of benzene rings is 2. The summed E-state index contributed by atoms with van der Waals surface area (Å²) in [5.41, 5.74) is 5.55. The van der Waals surface area contributed by atoms with Gasteiger partial charge in [-0.2, -0.15) is 0 Å². The molecule has 0 spiro atoms. The topological polar surface area (TPSA) is 46.5 Å². The first-order chi connectivity index (χ1) is 12.7. The van der Waals surface area contributed by atoms with Gasteiger partial charge >= 0.3 is 5.97 Å². The van der Waals surface area contributed by atoms with Gasteiger partial charge in [0.2, 0.25) is 0 Å². The summed E-state index contributed by atoms with van der Waals surface area (Å²) >= 11 is 0. The monoisotopic (exact) mass is 366 g/mol. The van der Waals surface area contributed by atoms with Crippen molar-refractivity contribution < 1.29 is 14.6 Å². The number of carbonyl (C=O) groups is 1. The van der Waals surface area contributed by atoms with Gasteiger partial charge in [-0.3, -0.25) is 0 Å². The van der Waals surface area contributed by atoms with Crippen molar-refractivity contribution in [2.75, 3.05) is 6.61 Å². The largest absolute Gasteiger partial charge is 0.478 e. The highest BCUT2D eigenvalue weighted by Crippen LogP contribution is 2.52. The molecular weight excluding hydrogens is 336 g/mol. The van der Waals surface area contributed by atoms with Crippen molar-refractivity contribution in [3.63, 3.8) is 0 Å². The van der Waals surface area contributed by atoms with Crippen LogP contribution in [0.1, 0.15) is 73.1 Å². The number of carboxylic acid groups (broad SMARTS) is 1. The smallest absolute Gasteiger partial charge is 0.335 e. The molecule has 0 amide bonds. The summed E-state index contributed by atoms with van der Waals surface area (Å²) in [6, 6.07) is 14.0. The van der Waals surface area contributed by atoms with Crippen LogP contribution < -0.4 is 0 Å². The Bertz CT molecular complexity index is 809. The Hall–Kier alpha value is -2.13. The standard InChI is InChI=1S/C24H30O3/c1-5-27-24(14-15-24)20-13-10-18(16-21(20)23(2,3)4)7-6-17-8-11-19(12-9-17)22(25)26/h8-13,16H,5-7,14-15H2,1-4H3,(H,25,26). The molecule has 0 saturated heterocycles. The Morgan fingerprint density at radius 3 is 2.15 bits per heavy atom. The van der Waals surface area contributed by atoms with Gasteiger partial charge in [0.25, 0.3) is 0 Å². The van der Waals surface area contributed by atoms with Crippen molar-refractivity contribution in [1.29, 1.82) is 0 Å². The Morgan fingerprint density at radius 2 is 1.63 bits per heavy atom. The third-order valence-corrected chi connectivity index (χ3v) is 5.41. The quantitative estimate of drug-likeness (QED) is 0.704. The van der Waals surface area contributed by atoms with E-state index in [0.717, 1.165) is 37.9 Å². The number of hydrogen-bond acceptors (Lipinski definition) is 2. The van der Waals surface area contributed by atoms with Crippen molar-refractivity contribution in [3.8, 4) is 0 Å². The summed E-state index contributed by atoms with van der Waals surface area (Å²) in [6.07, 6.45) is 4.06. The number of hydrogen-bond donors (Lipinski definition) is 1. The SMILES string of the molecule is CCOC1(c2ccc(CCc3ccc(C(=O)O)cc3)cc2C(C)(C)C)CC1. The molecule has 1 saturated carbocycles. The van der Waals surface area contributed by atoms with E-state index >= 15 is 0 Å². The van der Waals surface area contributed by atoms with E-state index < -0.39 is 5.97 Å². The molecule has 0 aromatic heterocycles. The first kappa shape index (κ1) is 19.6. The van der Waals surface area contributed by atoms with Gasteiger partial charge < -0.3 is 9.84 Å². The van der Waals surface area contributed by atoms with Crippen LogP contribution in [0.25, 0.3) is 0 Å². The minimum absolute atomic E-state index is 0.0669. The van der Waals surface area contributed by atoms with Gasteiger partial charge in [-0.25, -0.2) is 4.79 Å². The van der Waals surface area contributed by atoms with E-state index in [-0.39, 0.29) is 11.0 Å². The summed E-state index contributed by atoms with van der Waals surface area (Å²) in [4.78, 5) is 11.0. The maximum Gasteiger partial charge on any atom is 0.335 e. The molecule has 1 fully saturated rings. The van der Waals surface area contributed by atoms with Gasteiger partial charge in [0, 0.05) is 6.61 Å². The molecule has 2 aromatic carbocycles. The van der Waals surface area contributed by atoms with Crippen molar-refractivity contribution in [3.05, 3.63) is 70.3 Å². The lowest BCUT2D eigenvalue weighted by atomic mass is 9.80. The van der Waals surface area contributed by atoms with Crippen LogP contribution in [0, 0.1) is 0 Å². The van der Waals surface area contributed by atoms with Crippen LogP contribution in [0.4, 0.5) is 0 Å². The lowest BCUT2D eigenvalue weighted by Gasteiger charge is -2.28. The fourth-order valence-corrected chi connectivity index (χ4v) is 3.75. The molecule has 1 aliphatic carbocycles. The molecule has 3 heteroatoms. The van der Waals surface area contributed by atoms with Gasteiger partial charge in [-0.1, -0.05) is 51.1 Å². The minimum atomic E-state index is -0.879. The molecule has 2 aromatic rings. The predicted octanol–water partition coefficient (Wildman–Crippen LogP) is 5.49. The molecule has 1 aliphatic rings. The van der Waals surface area contributed by atoms with Gasteiger partial charge in [0.1, 0.15) is 0 Å². The van der Waals surface area contributed by atoms with E-state index in [4.69, 9.17) is 9.84 Å². The van der Waals surface area contributed by atoms with Crippen LogP contribution in [-0.4, -0.2) is 17.7 Å². The molecule has 27 heavy (non-hydrogen) atoms. The zero-order valence-electron chi connectivity index (χ0n) is 16.8. The van der Waals surface area contributed by atoms with Crippen molar-refractivity contribution in [2.45, 2.75) is 64.4 Å². The second-order valence-electron chi connectivity index (χ2n) is 8.56. The highest BCUT2D eigenvalue weighted by atomic mass is 16.5. The Balaban J connectivity index is 1.79. The Kier molecular flexibility index (Phi) is 5.43. The summed E-state index contributed by atoms with van der Waals surface area (Å²) < 4.78 is 6.11. The van der Waals surface area contributed by atoms with Gasteiger partial charge in [0.15, 0.2) is 0 Å². The van der Waals surface area contributed by atoms with Crippen LogP contribution in [-0.2, 0) is 28.6 Å². The lowest BCUT2D eigenvalue weighted by Crippen LogP contribution is -2.21. The second-order valence-corrected chi connectivity index (χ2v) is 8.56. The van der Waals surface area contributed by atoms with Gasteiger partial charge in [-0.15, -0.1) is 0 Å². The summed E-state index contributed by atoms with van der Waals surface area (Å²) in [6.45, 7) is 9.62. The molecule has 0 unspecified atom stereocenters. The number of aromatic carboxylic acids is 1. The second kappa shape index (κ2) is 7.47. The summed E-state index contributed by atoms with van der Waals surface area (Å²) in [7, 11) is 0. The van der Waals surface area contributed by atoms with Crippen LogP contribution in [0.15, 0.2) is 42.5 Å². The fraction of sp³-hybridized carbons (Fsp3) is 0.458. The normalized spacial score (nSPS) is 15.6. The highest BCUT2D eigenvalue weighted by molar-refractivity contribution is 5.87. The van der Waals surface area contributed by atoms with E-state index in [9.17, 15) is 4.79 Å². The minimum Gasteiger partial charge on any atom is -0.478 e. The molecule has 1 N–H and O–H groups in total. The highest BCUT2D eigenvalue weighted by Gasteiger charge is 2.47. The molecule has 0 radical (unpaired) electrons. The van der Waals surface area contributed by atoms with E-state index in [1.165, 1.54) is 16.7 Å². The number of carboxylic acids is 1. The molecule has 0 atom stereocenters. The molecule has 3 nitrogen and oxygen atoms in total. The number of rotatable bonds is 7. The fourth-order valence-electron chi connectivity index (χ4n) is 3.75. The average molecular weight is 367 g/mol. The van der Waals surface area contributed by atoms with E-state index in [1.807, 2.05) is 12.1 Å². The van der Waals surface area contributed by atoms with Crippen LogP contribution in [0.3, 0.4) is 0 Å². The Morgan fingerprint density at radius 1 is 1.04 bits per heavy atom. The van der Waals surface area contributed by atoms with E-state index in [1.54, 1.807) is 12.1 Å². The molecular formula is C24H30O3. The van der Waals surface area contributed by atoms with Crippen LogP contribution in [0.5, 0.6) is 0 Å². The van der Waals surface area contributed by atoms with Crippen molar-refractivity contribution in [2.24, 2.45) is 0 Å². The van der Waals surface area contributed by atoms with Crippen molar-refractivity contribution >= 4 is 5.97 Å². The lowest BCUT2D eigenvalue weighted by molar-refractivity contribution is 0.0383. The zero-order valence-corrected chi connectivity index (χ0v) is 16.8. The third kappa shape index (κ3) is 4.41. The Labute approximate surface area is 162 Å². The number of aryl methyl sites for hydroxylation is 2. The molecule has 144 valence electrons. The maximum absolute atomic E-state index is 11.0. The van der Waals surface area contributed by atoms with Crippen LogP contribution in [0.2, 0.25) is 0 Å². The zero-order chi connectivity index (χ0) is 19.7. The molecule has 0 bridgehead atoms. The predicted molar refractivity (Wildman–Crippen MR) is 108 cm³/mol. The molecule has 0 heterocycles. The molecule has 3 rings (SSSR count). The number of ether oxygens (including phenoxy) is 1. The van der Waals surface area contributed by atoms with E-state index in [2.05, 4.69) is 45.9 Å². The first-order valence-electron chi connectivity index (χ1n) is 9.85. The van der Waals surface area contributed by atoms with Gasteiger partial charge in [0.05, 0.1) is 11.2 Å². The van der Waals surface area contributed by atoms with E-state index in [0.29, 0.717) is 5.56 Å². The maximum atomic E-state index is 11.0. The summed E-state index contributed by atoms with van der Waals surface area (Å²) in [5, 5.41) is 9.02. The summed E-state index contributed by atoms with van der Waals surface area (Å²) in [5.74, 6) is -0.879. The van der Waals surface area contributed by atoms with Crippen molar-refractivity contribution in [1.82, 2.24) is 0 Å². The average Bonchev–Trinajstić information content (AvgIpc) is 3.40. The van der Waals surface area contributed by atoms with Crippen LogP contribution >= 0.6 is 0 Å².